The van der Waals surface area contributed by atoms with Crippen LogP contribution in [0.25, 0.3) is 0 Å². The van der Waals surface area contributed by atoms with E-state index in [0.29, 0.717) is 5.75 Å². The van der Waals surface area contributed by atoms with Gasteiger partial charge in [-0.2, -0.15) is 0 Å². The summed E-state index contributed by atoms with van der Waals surface area (Å²) in [7, 11) is 3.31. The molecule has 2 aromatic carbocycles. The third-order valence-electron chi connectivity index (χ3n) is 5.68. The molecule has 2 aromatic rings. The number of nitrogens with one attached hydrogen (secondary N) is 1. The number of carbonyl (C=O) groups excluding carboxylic acids is 1. The minimum atomic E-state index is -0.0946. The largest absolute Gasteiger partial charge is 0.493 e. The fraction of sp³-hybridized carbons (Fsp3) is 0.409. The standard InChI is InChI=1S/C22H26N2O3.ClH/c1-26-19-12-16-9-11-24(22(25)17-8-10-23-14-17)21(15-6-4-3-5-7-15)18(16)13-20(19)27-2;/h3-7,12-13,17,21,23H,8-11,14H2,1-2H3;1H. The molecule has 0 aromatic heterocycles. The van der Waals surface area contributed by atoms with Crippen molar-refractivity contribution in [3.05, 3.63) is 59.2 Å². The number of carbonyl (C=O) groups is 1. The molecule has 5 nitrogen and oxygen atoms in total. The van der Waals surface area contributed by atoms with E-state index in [1.54, 1.807) is 14.2 Å². The van der Waals surface area contributed by atoms with Crippen molar-refractivity contribution >= 4 is 18.3 Å². The molecule has 2 unspecified atom stereocenters. The van der Waals surface area contributed by atoms with Gasteiger partial charge in [0, 0.05) is 13.1 Å². The van der Waals surface area contributed by atoms with Crippen LogP contribution < -0.4 is 14.8 Å². The van der Waals surface area contributed by atoms with Crippen LogP contribution in [0, 0.1) is 5.92 Å². The smallest absolute Gasteiger partial charge is 0.227 e. The lowest BCUT2D eigenvalue weighted by molar-refractivity contribution is -0.137. The van der Waals surface area contributed by atoms with E-state index < -0.39 is 0 Å². The second kappa shape index (κ2) is 8.84. The Labute approximate surface area is 172 Å². The van der Waals surface area contributed by atoms with Crippen LogP contribution in [0.2, 0.25) is 0 Å². The quantitative estimate of drug-likeness (QED) is 0.853. The van der Waals surface area contributed by atoms with Crippen molar-refractivity contribution in [2.24, 2.45) is 5.92 Å². The van der Waals surface area contributed by atoms with Gasteiger partial charge in [-0.15, -0.1) is 12.4 Å². The van der Waals surface area contributed by atoms with Crippen LogP contribution in [0.3, 0.4) is 0 Å². The monoisotopic (exact) mass is 402 g/mol. The second-order valence-electron chi connectivity index (χ2n) is 7.19. The molecule has 1 amide bonds. The molecule has 1 saturated heterocycles. The summed E-state index contributed by atoms with van der Waals surface area (Å²) >= 11 is 0. The first kappa shape index (κ1) is 20.5. The maximum absolute atomic E-state index is 13.3. The van der Waals surface area contributed by atoms with E-state index in [9.17, 15) is 4.79 Å². The predicted molar refractivity (Wildman–Crippen MR) is 111 cm³/mol. The van der Waals surface area contributed by atoms with Gasteiger partial charge in [-0.1, -0.05) is 30.3 Å². The summed E-state index contributed by atoms with van der Waals surface area (Å²) in [5, 5.41) is 3.32. The van der Waals surface area contributed by atoms with E-state index in [0.717, 1.165) is 49.4 Å². The summed E-state index contributed by atoms with van der Waals surface area (Å²) < 4.78 is 11.0. The molecule has 2 heterocycles. The number of halogens is 1. The van der Waals surface area contributed by atoms with Crippen LogP contribution in [0.5, 0.6) is 11.5 Å². The van der Waals surface area contributed by atoms with Crippen molar-refractivity contribution in [3.8, 4) is 11.5 Å². The number of fused-ring (bicyclic) bond motifs is 1. The summed E-state index contributed by atoms with van der Waals surface area (Å²) in [6, 6.07) is 14.3. The summed E-state index contributed by atoms with van der Waals surface area (Å²) in [5.41, 5.74) is 3.48. The molecular formula is C22H27ClN2O3. The van der Waals surface area contributed by atoms with Gasteiger partial charge in [-0.3, -0.25) is 4.79 Å². The molecule has 0 spiro atoms. The molecule has 2 aliphatic rings. The van der Waals surface area contributed by atoms with Gasteiger partial charge in [-0.25, -0.2) is 0 Å². The number of nitrogens with zero attached hydrogens (tertiary/aromatic N) is 1. The molecule has 0 radical (unpaired) electrons. The van der Waals surface area contributed by atoms with Crippen molar-refractivity contribution in [1.29, 1.82) is 0 Å². The van der Waals surface area contributed by atoms with Crippen molar-refractivity contribution < 1.29 is 14.3 Å². The zero-order valence-corrected chi connectivity index (χ0v) is 17.1. The van der Waals surface area contributed by atoms with E-state index >= 15 is 0 Å². The SMILES string of the molecule is COc1cc2c(cc1OC)C(c1ccccc1)N(C(=O)C1CCNC1)CC2.Cl. The van der Waals surface area contributed by atoms with E-state index in [2.05, 4.69) is 28.4 Å². The molecule has 6 heteroatoms. The fourth-order valence-electron chi connectivity index (χ4n) is 4.28. The van der Waals surface area contributed by atoms with Crippen molar-refractivity contribution in [3.63, 3.8) is 0 Å². The molecule has 1 fully saturated rings. The maximum Gasteiger partial charge on any atom is 0.227 e. The highest BCUT2D eigenvalue weighted by Gasteiger charge is 2.36. The topological polar surface area (TPSA) is 50.8 Å². The lowest BCUT2D eigenvalue weighted by atomic mass is 9.86. The lowest BCUT2D eigenvalue weighted by Gasteiger charge is -2.39. The van der Waals surface area contributed by atoms with Crippen LogP contribution >= 0.6 is 12.4 Å². The summed E-state index contributed by atoms with van der Waals surface area (Å²) in [5.74, 6) is 1.75. The number of amides is 1. The number of methoxy groups -OCH3 is 2. The molecular weight excluding hydrogens is 376 g/mol. The number of hydrogen-bond acceptors (Lipinski definition) is 4. The molecule has 2 atom stereocenters. The summed E-state index contributed by atoms with van der Waals surface area (Å²) in [4.78, 5) is 15.4. The van der Waals surface area contributed by atoms with Gasteiger partial charge in [0.05, 0.1) is 26.2 Å². The maximum atomic E-state index is 13.3. The van der Waals surface area contributed by atoms with Crippen molar-refractivity contribution in [1.82, 2.24) is 10.2 Å². The van der Waals surface area contributed by atoms with Crippen LogP contribution in [0.4, 0.5) is 0 Å². The average molecular weight is 403 g/mol. The molecule has 1 N–H and O–H groups in total. The van der Waals surface area contributed by atoms with Gasteiger partial charge in [-0.05, 0) is 48.2 Å². The Balaban J connectivity index is 0.00000225. The average Bonchev–Trinajstić information content (AvgIpc) is 3.26. The fourth-order valence-corrected chi connectivity index (χ4v) is 4.28. The van der Waals surface area contributed by atoms with Gasteiger partial charge >= 0.3 is 0 Å². The Bertz CT molecular complexity index is 822. The van der Waals surface area contributed by atoms with Crippen LogP contribution in [0.15, 0.2) is 42.5 Å². The zero-order valence-electron chi connectivity index (χ0n) is 16.3. The minimum Gasteiger partial charge on any atom is -0.493 e. The van der Waals surface area contributed by atoms with Gasteiger partial charge in [0.1, 0.15) is 0 Å². The Hall–Kier alpha value is -2.24. The number of benzene rings is 2. The Morgan fingerprint density at radius 2 is 1.82 bits per heavy atom. The third-order valence-corrected chi connectivity index (χ3v) is 5.68. The highest BCUT2D eigenvalue weighted by Crippen LogP contribution is 2.41. The highest BCUT2D eigenvalue weighted by atomic mass is 35.5. The molecule has 28 heavy (non-hydrogen) atoms. The van der Waals surface area contributed by atoms with Crippen LogP contribution in [-0.2, 0) is 11.2 Å². The molecule has 0 bridgehead atoms. The van der Waals surface area contributed by atoms with Crippen LogP contribution in [-0.4, -0.2) is 44.7 Å². The Kier molecular flexibility index (Phi) is 6.47. The van der Waals surface area contributed by atoms with E-state index in [4.69, 9.17) is 9.47 Å². The third kappa shape index (κ3) is 3.69. The zero-order chi connectivity index (χ0) is 18.8. The highest BCUT2D eigenvalue weighted by molar-refractivity contribution is 5.85. The van der Waals surface area contributed by atoms with E-state index in [1.165, 1.54) is 5.56 Å². The minimum absolute atomic E-state index is 0. The molecule has 4 rings (SSSR count). The molecule has 2 aliphatic heterocycles. The normalized spacial score (nSPS) is 20.9. The Morgan fingerprint density at radius 3 is 2.46 bits per heavy atom. The first-order valence-electron chi connectivity index (χ1n) is 9.54. The van der Waals surface area contributed by atoms with E-state index in [1.807, 2.05) is 24.3 Å². The number of ether oxygens (including phenoxy) is 2. The van der Waals surface area contributed by atoms with Gasteiger partial charge in [0.25, 0.3) is 0 Å². The van der Waals surface area contributed by atoms with Crippen molar-refractivity contribution in [2.75, 3.05) is 33.9 Å². The van der Waals surface area contributed by atoms with Gasteiger partial charge in [0.2, 0.25) is 5.91 Å². The predicted octanol–water partition coefficient (Wildman–Crippen LogP) is 3.21. The summed E-state index contributed by atoms with van der Waals surface area (Å²) in [6.45, 7) is 2.41. The summed E-state index contributed by atoms with van der Waals surface area (Å²) in [6.07, 6.45) is 1.74. The van der Waals surface area contributed by atoms with Gasteiger partial charge < -0.3 is 19.7 Å². The molecule has 0 saturated carbocycles. The van der Waals surface area contributed by atoms with Crippen molar-refractivity contribution in [2.45, 2.75) is 18.9 Å². The van der Waals surface area contributed by atoms with E-state index in [-0.39, 0.29) is 30.3 Å². The molecule has 150 valence electrons. The molecule has 0 aliphatic carbocycles. The van der Waals surface area contributed by atoms with Crippen LogP contribution in [0.1, 0.15) is 29.2 Å². The first-order valence-corrected chi connectivity index (χ1v) is 9.54. The van der Waals surface area contributed by atoms with Gasteiger partial charge in [0.15, 0.2) is 11.5 Å². The lowest BCUT2D eigenvalue weighted by Crippen LogP contribution is -2.44. The first-order chi connectivity index (χ1) is 13.2. The number of hydrogen-bond donors (Lipinski definition) is 1. The second-order valence-corrected chi connectivity index (χ2v) is 7.19. The number of rotatable bonds is 4. The Morgan fingerprint density at radius 1 is 1.11 bits per heavy atom.